The van der Waals surface area contributed by atoms with Gasteiger partial charge in [-0.3, -0.25) is 0 Å². The average Bonchev–Trinajstić information content (AvgIpc) is 2.67. The zero-order valence-corrected chi connectivity index (χ0v) is 18.4. The second kappa shape index (κ2) is 8.78. The number of aromatic carboxylic acids is 1. The molecule has 0 aliphatic carbocycles. The Morgan fingerprint density at radius 3 is 2.21 bits per heavy atom. The van der Waals surface area contributed by atoms with Crippen LogP contribution in [0.4, 0.5) is 26.3 Å². The number of fused-ring (bicyclic) bond motifs is 1. The van der Waals surface area contributed by atoms with Gasteiger partial charge >= 0.3 is 21.8 Å². The largest absolute Gasteiger partial charge is 0.545 e. The molecule has 0 saturated heterocycles. The van der Waals surface area contributed by atoms with E-state index in [-0.39, 0.29) is 10.6 Å². The summed E-state index contributed by atoms with van der Waals surface area (Å²) >= 11 is 11.8. The molecule has 0 spiro atoms. The molecular weight excluding hydrogens is 539 g/mol. The predicted molar refractivity (Wildman–Crippen MR) is 106 cm³/mol. The lowest BCUT2D eigenvalue weighted by Gasteiger charge is -2.20. The number of alkyl halides is 6. The van der Waals surface area contributed by atoms with Crippen LogP contribution < -0.4 is 9.29 Å². The van der Waals surface area contributed by atoms with E-state index in [9.17, 15) is 44.7 Å². The number of hydrogen-bond donors (Lipinski definition) is 0. The van der Waals surface area contributed by atoms with Crippen molar-refractivity contribution in [3.8, 4) is 5.88 Å². The monoisotopic (exact) mass is 546 g/mol. The van der Waals surface area contributed by atoms with Gasteiger partial charge in [0.15, 0.2) is 0 Å². The van der Waals surface area contributed by atoms with Crippen molar-refractivity contribution in [1.82, 2.24) is 4.98 Å². The van der Waals surface area contributed by atoms with Crippen LogP contribution in [0.15, 0.2) is 36.4 Å². The Morgan fingerprint density at radius 1 is 1.06 bits per heavy atom. The molecule has 0 N–H and O–H groups in total. The summed E-state index contributed by atoms with van der Waals surface area (Å²) in [6.07, 6.45) is -5.75. The molecule has 3 rings (SSSR count). The van der Waals surface area contributed by atoms with E-state index in [1.165, 1.54) is 24.3 Å². The van der Waals surface area contributed by atoms with Crippen molar-refractivity contribution >= 4 is 50.2 Å². The summed E-state index contributed by atoms with van der Waals surface area (Å²) in [4.78, 5) is 15.1. The van der Waals surface area contributed by atoms with Gasteiger partial charge < -0.3 is 14.1 Å². The Bertz CT molecular complexity index is 1410. The van der Waals surface area contributed by atoms with Crippen molar-refractivity contribution in [1.29, 1.82) is 0 Å². The highest BCUT2D eigenvalue weighted by molar-refractivity contribution is 7.88. The van der Waals surface area contributed by atoms with Gasteiger partial charge in [0.1, 0.15) is 0 Å². The van der Waals surface area contributed by atoms with E-state index in [0.29, 0.717) is 6.07 Å². The first-order chi connectivity index (χ1) is 15.5. The molecule has 0 saturated carbocycles. The molecule has 0 atom stereocenters. The Morgan fingerprint density at radius 2 is 1.68 bits per heavy atom. The molecule has 34 heavy (non-hydrogen) atoms. The molecule has 15 heteroatoms. The van der Waals surface area contributed by atoms with Crippen LogP contribution in [-0.2, 0) is 22.7 Å². The lowest BCUT2D eigenvalue weighted by atomic mass is 9.94. The standard InChI is InChI=1S/C19H9Cl2F6NO5S/c20-9-6-11-10(5-8-3-1-2-4-13(8)21)14(17(29)30)16(33-34(31,32)19(25,26)27)28-15(11)12(7-9)18(22,23)24/h1-4,6-7H,5H2,(H,29,30)/p-1. The Labute approximate surface area is 196 Å². The van der Waals surface area contributed by atoms with E-state index in [2.05, 4.69) is 9.17 Å². The molecule has 1 heterocycles. The van der Waals surface area contributed by atoms with E-state index >= 15 is 0 Å². The highest BCUT2D eigenvalue weighted by atomic mass is 35.5. The minimum absolute atomic E-state index is 0.0280. The lowest BCUT2D eigenvalue weighted by molar-refractivity contribution is -0.255. The second-order valence-electron chi connectivity index (χ2n) is 6.66. The third-order valence-electron chi connectivity index (χ3n) is 4.44. The van der Waals surface area contributed by atoms with Crippen molar-refractivity contribution < 1.29 is 48.8 Å². The van der Waals surface area contributed by atoms with Gasteiger partial charge in [0, 0.05) is 21.9 Å². The van der Waals surface area contributed by atoms with Crippen molar-refractivity contribution in [2.45, 2.75) is 18.1 Å². The van der Waals surface area contributed by atoms with Gasteiger partial charge in [-0.25, -0.2) is 4.98 Å². The van der Waals surface area contributed by atoms with Crippen LogP contribution in [0.3, 0.4) is 0 Å². The minimum atomic E-state index is -6.52. The maximum absolute atomic E-state index is 13.7. The summed E-state index contributed by atoms with van der Waals surface area (Å²) in [5.74, 6) is -4.03. The molecule has 3 aromatic rings. The molecular formula is C19H8Cl2F6NO5S-. The minimum Gasteiger partial charge on any atom is -0.545 e. The van der Waals surface area contributed by atoms with E-state index in [1.807, 2.05) is 0 Å². The first-order valence-corrected chi connectivity index (χ1v) is 10.9. The topological polar surface area (TPSA) is 96.4 Å². The smallest absolute Gasteiger partial charge is 0.534 e. The normalized spacial score (nSPS) is 12.7. The van der Waals surface area contributed by atoms with Gasteiger partial charge in [-0.05, 0) is 29.3 Å². The van der Waals surface area contributed by atoms with E-state index in [1.54, 1.807) is 0 Å². The van der Waals surface area contributed by atoms with E-state index in [0.717, 1.165) is 6.07 Å². The number of carbonyl (C=O) groups excluding carboxylic acids is 1. The van der Waals surface area contributed by atoms with Crippen LogP contribution in [-0.4, -0.2) is 24.9 Å². The summed E-state index contributed by atoms with van der Waals surface area (Å²) in [5.41, 5.74) is -10.5. The van der Waals surface area contributed by atoms with Gasteiger partial charge in [-0.1, -0.05) is 41.4 Å². The molecule has 0 bridgehead atoms. The average molecular weight is 547 g/mol. The maximum atomic E-state index is 13.7. The number of pyridine rings is 1. The quantitative estimate of drug-likeness (QED) is 0.260. The number of hydrogen-bond acceptors (Lipinski definition) is 6. The van der Waals surface area contributed by atoms with Crippen molar-refractivity contribution in [3.63, 3.8) is 0 Å². The van der Waals surface area contributed by atoms with Gasteiger partial charge in [-0.15, -0.1) is 0 Å². The molecule has 0 radical (unpaired) electrons. The Kier molecular flexibility index (Phi) is 6.68. The van der Waals surface area contributed by atoms with E-state index in [4.69, 9.17) is 23.2 Å². The van der Waals surface area contributed by atoms with Gasteiger partial charge in [0.25, 0.3) is 0 Å². The summed E-state index contributed by atoms with van der Waals surface area (Å²) in [6.45, 7) is 0. The number of nitrogens with zero attached hydrogens (tertiary/aromatic N) is 1. The number of benzene rings is 2. The number of aromatic nitrogens is 1. The number of halogens is 8. The Hall–Kier alpha value is -2.77. The van der Waals surface area contributed by atoms with Crippen LogP contribution in [0.1, 0.15) is 27.0 Å². The highest BCUT2D eigenvalue weighted by Crippen LogP contribution is 2.41. The maximum Gasteiger partial charge on any atom is 0.534 e. The summed E-state index contributed by atoms with van der Waals surface area (Å²) in [6, 6.07) is 6.92. The molecule has 0 aliphatic heterocycles. The Balaban J connectivity index is 2.49. The first-order valence-electron chi connectivity index (χ1n) is 8.71. The third kappa shape index (κ3) is 5.00. The zero-order valence-electron chi connectivity index (χ0n) is 16.1. The SMILES string of the molecule is O=C([O-])c1c(OS(=O)(=O)C(F)(F)F)nc2c(C(F)(F)F)cc(Cl)cc2c1Cc1ccccc1Cl. The van der Waals surface area contributed by atoms with Crippen molar-refractivity contribution in [2.24, 2.45) is 0 Å². The van der Waals surface area contributed by atoms with Crippen LogP contribution in [0.2, 0.25) is 10.0 Å². The van der Waals surface area contributed by atoms with Crippen molar-refractivity contribution in [3.05, 3.63) is 68.7 Å². The third-order valence-corrected chi connectivity index (χ3v) is 5.97. The van der Waals surface area contributed by atoms with Gasteiger partial charge in [0.2, 0.25) is 5.88 Å². The lowest BCUT2D eigenvalue weighted by Crippen LogP contribution is -2.31. The molecule has 0 aliphatic rings. The number of rotatable bonds is 5. The van der Waals surface area contributed by atoms with Crippen molar-refractivity contribution in [2.75, 3.05) is 0 Å². The summed E-state index contributed by atoms with van der Waals surface area (Å²) < 4.78 is 106. The molecule has 6 nitrogen and oxygen atoms in total. The van der Waals surface area contributed by atoms with Crippen LogP contribution >= 0.6 is 23.2 Å². The second-order valence-corrected chi connectivity index (χ2v) is 9.04. The van der Waals surface area contributed by atoms with Gasteiger partial charge in [-0.2, -0.15) is 34.8 Å². The predicted octanol–water partition coefficient (Wildman–Crippen LogP) is 4.74. The van der Waals surface area contributed by atoms with Crippen LogP contribution in [0.5, 0.6) is 5.88 Å². The fraction of sp³-hybridized carbons (Fsp3) is 0.158. The number of carboxylic acids is 1. The number of carboxylic acid groups (broad SMARTS) is 1. The molecule has 0 amide bonds. The molecule has 1 aromatic heterocycles. The van der Waals surface area contributed by atoms with Gasteiger partial charge in [0.05, 0.1) is 22.6 Å². The molecule has 182 valence electrons. The molecule has 0 fully saturated rings. The zero-order chi connectivity index (χ0) is 25.6. The fourth-order valence-corrected chi connectivity index (χ4v) is 3.87. The number of carbonyl (C=O) groups is 1. The highest BCUT2D eigenvalue weighted by Gasteiger charge is 2.49. The first kappa shape index (κ1) is 25.8. The molecule has 2 aromatic carbocycles. The van der Waals surface area contributed by atoms with E-state index < -0.39 is 72.7 Å². The fourth-order valence-electron chi connectivity index (χ4n) is 3.02. The van der Waals surface area contributed by atoms with Crippen LogP contribution in [0, 0.1) is 0 Å². The molecule has 0 unspecified atom stereocenters. The van der Waals surface area contributed by atoms with Crippen LogP contribution in [0.25, 0.3) is 10.9 Å². The summed E-state index contributed by atoms with van der Waals surface area (Å²) in [7, 11) is -6.52. The summed E-state index contributed by atoms with van der Waals surface area (Å²) in [5, 5.41) is 10.8.